The first-order valence-electron chi connectivity index (χ1n) is 6.27. The van der Waals surface area contributed by atoms with Crippen LogP contribution < -0.4 is 0 Å². The summed E-state index contributed by atoms with van der Waals surface area (Å²) < 4.78 is 0. The van der Waals surface area contributed by atoms with Gasteiger partial charge in [-0.05, 0) is 24.6 Å². The van der Waals surface area contributed by atoms with Crippen molar-refractivity contribution in [1.29, 1.82) is 0 Å². The van der Waals surface area contributed by atoms with E-state index in [-0.39, 0.29) is 18.6 Å². The van der Waals surface area contributed by atoms with E-state index in [1.165, 1.54) is 0 Å². The van der Waals surface area contributed by atoms with Gasteiger partial charge in [0.25, 0.3) is 0 Å². The van der Waals surface area contributed by atoms with Gasteiger partial charge in [0.05, 0.1) is 5.69 Å². The first kappa shape index (κ1) is 16.3. The molecular formula is C17H17N2V-. The minimum Gasteiger partial charge on any atom is -0.686 e. The van der Waals surface area contributed by atoms with E-state index in [1.807, 2.05) is 61.5 Å². The molecule has 0 heterocycles. The zero-order chi connectivity index (χ0) is 13.5. The van der Waals surface area contributed by atoms with Crippen LogP contribution in [0.5, 0.6) is 0 Å². The van der Waals surface area contributed by atoms with Crippen molar-refractivity contribution in [3.8, 4) is 0 Å². The zero-order valence-corrected chi connectivity index (χ0v) is 13.1. The van der Waals surface area contributed by atoms with Crippen LogP contribution in [0.3, 0.4) is 0 Å². The molecule has 0 bridgehead atoms. The van der Waals surface area contributed by atoms with E-state index in [1.54, 1.807) is 7.05 Å². The smallest absolute Gasteiger partial charge is 0.0632 e. The van der Waals surface area contributed by atoms with Crippen molar-refractivity contribution in [1.82, 2.24) is 0 Å². The minimum atomic E-state index is 0. The van der Waals surface area contributed by atoms with Gasteiger partial charge in [-0.25, -0.2) is 0 Å². The summed E-state index contributed by atoms with van der Waals surface area (Å²) in [6.45, 7) is 1.99. The van der Waals surface area contributed by atoms with Crippen LogP contribution in [0.15, 0.2) is 71.7 Å². The summed E-state index contributed by atoms with van der Waals surface area (Å²) in [6.07, 6.45) is 2.00. The Balaban J connectivity index is 0.00000200. The first-order chi connectivity index (χ1) is 9.29. The van der Waals surface area contributed by atoms with Crippen LogP contribution in [0.4, 0.5) is 5.69 Å². The van der Waals surface area contributed by atoms with E-state index in [0.717, 1.165) is 22.7 Å². The number of nitrogens with zero attached hydrogens (tertiary/aromatic N) is 2. The van der Waals surface area contributed by atoms with Gasteiger partial charge in [-0.3, -0.25) is 4.99 Å². The van der Waals surface area contributed by atoms with Gasteiger partial charge in [-0.2, -0.15) is 0 Å². The van der Waals surface area contributed by atoms with E-state index >= 15 is 0 Å². The van der Waals surface area contributed by atoms with E-state index in [0.29, 0.717) is 0 Å². The van der Waals surface area contributed by atoms with Crippen LogP contribution in [0, 0.1) is 0 Å². The molecule has 0 amide bonds. The average Bonchev–Trinajstić information content (AvgIpc) is 2.47. The first-order valence-corrected chi connectivity index (χ1v) is 6.27. The quantitative estimate of drug-likeness (QED) is 0.724. The van der Waals surface area contributed by atoms with Crippen LogP contribution >= 0.6 is 0 Å². The Morgan fingerprint density at radius 1 is 0.950 bits per heavy atom. The SMILES string of the molecule is C[N-]C(=CC(C)=Nc1ccccc1)c1ccccc1.[V]. The molecule has 1 radical (unpaired) electrons. The van der Waals surface area contributed by atoms with Crippen LogP contribution in [0.2, 0.25) is 0 Å². The molecule has 101 valence electrons. The van der Waals surface area contributed by atoms with Crippen LogP contribution in [-0.4, -0.2) is 12.8 Å². The number of rotatable bonds is 4. The zero-order valence-electron chi connectivity index (χ0n) is 11.7. The molecule has 0 saturated heterocycles. The predicted molar refractivity (Wildman–Crippen MR) is 82.9 cm³/mol. The molecule has 0 spiro atoms. The molecule has 0 unspecified atom stereocenters. The fourth-order valence-corrected chi connectivity index (χ4v) is 1.82. The molecule has 0 aliphatic rings. The number of para-hydroxylation sites is 1. The number of hydrogen-bond donors (Lipinski definition) is 0. The second-order valence-corrected chi connectivity index (χ2v) is 4.21. The van der Waals surface area contributed by atoms with E-state index in [2.05, 4.69) is 22.4 Å². The van der Waals surface area contributed by atoms with Crippen molar-refractivity contribution >= 4 is 17.1 Å². The van der Waals surface area contributed by atoms with Gasteiger partial charge in [0, 0.05) is 24.3 Å². The molecule has 0 saturated carbocycles. The summed E-state index contributed by atoms with van der Waals surface area (Å²) in [5, 5.41) is 4.32. The third-order valence-corrected chi connectivity index (χ3v) is 2.72. The van der Waals surface area contributed by atoms with Crippen LogP contribution in [-0.2, 0) is 18.6 Å². The van der Waals surface area contributed by atoms with E-state index in [9.17, 15) is 0 Å². The van der Waals surface area contributed by atoms with Gasteiger partial charge >= 0.3 is 0 Å². The molecule has 2 aromatic carbocycles. The molecule has 0 atom stereocenters. The minimum absolute atomic E-state index is 0. The molecule has 2 aromatic rings. The van der Waals surface area contributed by atoms with Crippen molar-refractivity contribution in [3.05, 3.63) is 77.6 Å². The molecule has 2 rings (SSSR count). The van der Waals surface area contributed by atoms with Crippen molar-refractivity contribution in [2.45, 2.75) is 6.92 Å². The molecule has 3 heteroatoms. The third-order valence-electron chi connectivity index (χ3n) is 2.72. The second kappa shape index (κ2) is 8.41. The fourth-order valence-electron chi connectivity index (χ4n) is 1.82. The van der Waals surface area contributed by atoms with Gasteiger partial charge < -0.3 is 5.32 Å². The third kappa shape index (κ3) is 4.73. The Hall–Kier alpha value is -1.77. The number of benzene rings is 2. The summed E-state index contributed by atoms with van der Waals surface area (Å²) in [5.41, 5.74) is 3.95. The van der Waals surface area contributed by atoms with Gasteiger partial charge in [0.1, 0.15) is 0 Å². The Morgan fingerprint density at radius 3 is 2.05 bits per heavy atom. The molecule has 0 N–H and O–H groups in total. The number of hydrogen-bond acceptors (Lipinski definition) is 1. The Labute approximate surface area is 132 Å². The monoisotopic (exact) mass is 300 g/mol. The maximum Gasteiger partial charge on any atom is 0.0632 e. The maximum absolute atomic E-state index is 4.55. The average molecular weight is 300 g/mol. The van der Waals surface area contributed by atoms with Crippen LogP contribution in [0.1, 0.15) is 12.5 Å². The topological polar surface area (TPSA) is 26.5 Å². The Bertz CT molecular complexity index is 574. The van der Waals surface area contributed by atoms with Crippen molar-refractivity contribution < 1.29 is 18.6 Å². The largest absolute Gasteiger partial charge is 0.686 e. The summed E-state index contributed by atoms with van der Waals surface area (Å²) in [7, 11) is 1.80. The maximum atomic E-state index is 4.55. The van der Waals surface area contributed by atoms with Crippen LogP contribution in [0.25, 0.3) is 11.0 Å². The number of allylic oxidation sites excluding steroid dienone is 1. The van der Waals surface area contributed by atoms with Gasteiger partial charge in [-0.1, -0.05) is 54.6 Å². The molecule has 0 aromatic heterocycles. The normalized spacial score (nSPS) is 11.7. The Morgan fingerprint density at radius 2 is 1.50 bits per heavy atom. The van der Waals surface area contributed by atoms with Crippen molar-refractivity contribution in [3.63, 3.8) is 0 Å². The standard InChI is InChI=1S/C17H17N2.V/c1-14(19-16-11-7-4-8-12-16)13-17(18-2)15-9-5-3-6-10-15;/h3-13H,1-2H3;/q-1;. The molecule has 0 fully saturated rings. The summed E-state index contributed by atoms with van der Waals surface area (Å²) >= 11 is 0. The second-order valence-electron chi connectivity index (χ2n) is 4.21. The van der Waals surface area contributed by atoms with Gasteiger partial charge in [0.15, 0.2) is 0 Å². The molecule has 20 heavy (non-hydrogen) atoms. The molecule has 0 aliphatic heterocycles. The number of aliphatic imine (C=N–C) groups is 1. The molecule has 0 aliphatic carbocycles. The van der Waals surface area contributed by atoms with Crippen molar-refractivity contribution in [2.75, 3.05) is 7.05 Å². The molecule has 2 nitrogen and oxygen atoms in total. The molecular weight excluding hydrogens is 283 g/mol. The van der Waals surface area contributed by atoms with Gasteiger partial charge in [-0.15, -0.1) is 12.7 Å². The van der Waals surface area contributed by atoms with Gasteiger partial charge in [0.2, 0.25) is 0 Å². The predicted octanol–water partition coefficient (Wildman–Crippen LogP) is 4.82. The summed E-state index contributed by atoms with van der Waals surface area (Å²) in [4.78, 5) is 4.55. The van der Waals surface area contributed by atoms with E-state index in [4.69, 9.17) is 0 Å². The Kier molecular flexibility index (Phi) is 6.85. The van der Waals surface area contributed by atoms with E-state index < -0.39 is 0 Å². The van der Waals surface area contributed by atoms with Crippen molar-refractivity contribution in [2.24, 2.45) is 4.99 Å². The summed E-state index contributed by atoms with van der Waals surface area (Å²) in [5.74, 6) is 0. The summed E-state index contributed by atoms with van der Waals surface area (Å²) in [6, 6.07) is 20.1. The fraction of sp³-hybridized carbons (Fsp3) is 0.118.